The van der Waals surface area contributed by atoms with E-state index in [1.54, 1.807) is 6.21 Å². The Bertz CT molecular complexity index is 272. The molecule has 0 aromatic carbocycles. The summed E-state index contributed by atoms with van der Waals surface area (Å²) in [5.74, 6) is 0.440. The molecule has 0 bridgehead atoms. The lowest BCUT2D eigenvalue weighted by molar-refractivity contribution is 0.755. The van der Waals surface area contributed by atoms with Crippen molar-refractivity contribution in [3.63, 3.8) is 0 Å². The Morgan fingerprint density at radius 2 is 2.31 bits per heavy atom. The summed E-state index contributed by atoms with van der Waals surface area (Å²) >= 11 is 0. The Labute approximate surface area is 78.9 Å². The Morgan fingerprint density at radius 3 is 3.00 bits per heavy atom. The molecule has 3 heteroatoms. The number of hydrogen-bond donors (Lipinski definition) is 1. The molecule has 0 fully saturated rings. The molecule has 0 unspecified atom stereocenters. The fraction of sp³-hybridized carbons (Fsp3) is 0.400. The first-order chi connectivity index (χ1) is 6.20. The molecule has 0 spiro atoms. The van der Waals surface area contributed by atoms with Gasteiger partial charge in [0.05, 0.1) is 11.9 Å². The number of aliphatic imine (C=N–C) groups is 1. The van der Waals surface area contributed by atoms with Crippen LogP contribution in [0.1, 0.15) is 20.3 Å². The molecule has 13 heavy (non-hydrogen) atoms. The third kappa shape index (κ3) is 3.23. The monoisotopic (exact) mass is 177 g/mol. The lowest BCUT2D eigenvalue weighted by Gasteiger charge is -2.04. The molecule has 70 valence electrons. The van der Waals surface area contributed by atoms with Crippen LogP contribution >= 0.6 is 0 Å². The number of hydrazone groups is 1. The Kier molecular flexibility index (Phi) is 3.43. The lowest BCUT2D eigenvalue weighted by atomic mass is 10.1. The van der Waals surface area contributed by atoms with Gasteiger partial charge < -0.3 is 0 Å². The first-order valence-electron chi connectivity index (χ1n) is 4.40. The van der Waals surface area contributed by atoms with Crippen LogP contribution in [0.3, 0.4) is 0 Å². The average Bonchev–Trinajstić information content (AvgIpc) is 2.17. The van der Waals surface area contributed by atoms with Gasteiger partial charge >= 0.3 is 0 Å². The van der Waals surface area contributed by atoms with Crippen LogP contribution in [0.15, 0.2) is 34.1 Å². The van der Waals surface area contributed by atoms with Gasteiger partial charge in [0.25, 0.3) is 0 Å². The van der Waals surface area contributed by atoms with Crippen molar-refractivity contribution in [2.75, 3.05) is 0 Å². The SMILES string of the molecule is C=C1C=N/C(C(C)C)=C\C/C=N\N1. The molecular formula is C10H15N3. The first kappa shape index (κ1) is 9.71. The highest BCUT2D eigenvalue weighted by Gasteiger charge is 2.00. The molecule has 1 aliphatic rings. The summed E-state index contributed by atoms with van der Waals surface area (Å²) in [6.07, 6.45) is 6.40. The number of allylic oxidation sites excluding steroid dienone is 3. The Morgan fingerprint density at radius 1 is 1.54 bits per heavy atom. The predicted octanol–water partition coefficient (Wildman–Crippen LogP) is 2.09. The highest BCUT2D eigenvalue weighted by atomic mass is 15.3. The summed E-state index contributed by atoms with van der Waals surface area (Å²) in [4.78, 5) is 4.32. The van der Waals surface area contributed by atoms with Gasteiger partial charge in [-0.3, -0.25) is 10.4 Å². The van der Waals surface area contributed by atoms with E-state index >= 15 is 0 Å². The summed E-state index contributed by atoms with van der Waals surface area (Å²) in [7, 11) is 0. The number of nitrogens with zero attached hydrogens (tertiary/aromatic N) is 2. The first-order valence-corrected chi connectivity index (χ1v) is 4.40. The number of hydrogen-bond acceptors (Lipinski definition) is 3. The van der Waals surface area contributed by atoms with E-state index in [9.17, 15) is 0 Å². The van der Waals surface area contributed by atoms with Gasteiger partial charge in [-0.2, -0.15) is 5.10 Å². The largest absolute Gasteiger partial charge is 0.278 e. The van der Waals surface area contributed by atoms with Crippen LogP contribution in [-0.4, -0.2) is 12.4 Å². The van der Waals surface area contributed by atoms with E-state index in [2.05, 4.69) is 42.0 Å². The average molecular weight is 177 g/mol. The molecule has 0 amide bonds. The standard InChI is InChI=1S/C10H15N3/c1-8(2)10-5-4-6-12-13-9(3)7-11-10/h5-8,13H,3-4H2,1-2H3/b10-5-,11-7?,12-6-. The zero-order valence-corrected chi connectivity index (χ0v) is 8.12. The van der Waals surface area contributed by atoms with Crippen molar-refractivity contribution in [2.24, 2.45) is 16.0 Å². The molecule has 1 N–H and O–H groups in total. The normalized spacial score (nSPS) is 23.9. The van der Waals surface area contributed by atoms with Crippen molar-refractivity contribution >= 4 is 12.4 Å². The molecule has 1 heterocycles. The highest BCUT2D eigenvalue weighted by molar-refractivity contribution is 5.78. The van der Waals surface area contributed by atoms with Crippen LogP contribution in [-0.2, 0) is 0 Å². The Hall–Kier alpha value is -1.38. The summed E-state index contributed by atoms with van der Waals surface area (Å²) in [6.45, 7) is 7.99. The molecule has 0 saturated carbocycles. The van der Waals surface area contributed by atoms with Crippen LogP contribution in [0.25, 0.3) is 0 Å². The van der Waals surface area contributed by atoms with Gasteiger partial charge in [0.1, 0.15) is 0 Å². The van der Waals surface area contributed by atoms with Gasteiger partial charge in [-0.25, -0.2) is 0 Å². The van der Waals surface area contributed by atoms with E-state index in [1.165, 1.54) is 0 Å². The van der Waals surface area contributed by atoms with Gasteiger partial charge in [-0.15, -0.1) is 0 Å². The van der Waals surface area contributed by atoms with E-state index in [0.717, 1.165) is 12.1 Å². The van der Waals surface area contributed by atoms with E-state index in [-0.39, 0.29) is 0 Å². The van der Waals surface area contributed by atoms with E-state index in [4.69, 9.17) is 0 Å². The predicted molar refractivity (Wildman–Crippen MR) is 56.8 cm³/mol. The van der Waals surface area contributed by atoms with E-state index in [1.807, 2.05) is 6.21 Å². The maximum atomic E-state index is 4.32. The van der Waals surface area contributed by atoms with Crippen molar-refractivity contribution in [2.45, 2.75) is 20.3 Å². The topological polar surface area (TPSA) is 36.8 Å². The second-order valence-corrected chi connectivity index (χ2v) is 3.23. The minimum Gasteiger partial charge on any atom is -0.278 e. The number of nitrogens with one attached hydrogen (secondary N) is 1. The van der Waals surface area contributed by atoms with E-state index in [0.29, 0.717) is 11.6 Å². The minimum absolute atomic E-state index is 0.440. The quantitative estimate of drug-likeness (QED) is 0.654. The summed E-state index contributed by atoms with van der Waals surface area (Å²) in [5.41, 5.74) is 4.57. The lowest BCUT2D eigenvalue weighted by Crippen LogP contribution is -2.04. The molecule has 0 aromatic rings. The van der Waals surface area contributed by atoms with Crippen molar-refractivity contribution < 1.29 is 0 Å². The molecule has 3 nitrogen and oxygen atoms in total. The third-order valence-corrected chi connectivity index (χ3v) is 1.69. The van der Waals surface area contributed by atoms with Gasteiger partial charge in [-0.1, -0.05) is 26.5 Å². The molecule has 1 rings (SSSR count). The van der Waals surface area contributed by atoms with Crippen LogP contribution in [0.2, 0.25) is 0 Å². The molecule has 0 aliphatic carbocycles. The summed E-state index contributed by atoms with van der Waals surface area (Å²) in [5, 5.41) is 3.96. The fourth-order valence-electron chi connectivity index (χ4n) is 0.974. The molecule has 0 radical (unpaired) electrons. The second kappa shape index (κ2) is 4.60. The van der Waals surface area contributed by atoms with E-state index < -0.39 is 0 Å². The third-order valence-electron chi connectivity index (χ3n) is 1.69. The zero-order valence-electron chi connectivity index (χ0n) is 8.12. The molecule has 0 aromatic heterocycles. The minimum atomic E-state index is 0.440. The smallest absolute Gasteiger partial charge is 0.0672 e. The Balaban J connectivity index is 2.81. The highest BCUT2D eigenvalue weighted by Crippen LogP contribution is 2.11. The fourth-order valence-corrected chi connectivity index (χ4v) is 0.974. The second-order valence-electron chi connectivity index (χ2n) is 3.23. The molecule has 0 saturated heterocycles. The summed E-state index contributed by atoms with van der Waals surface area (Å²) in [6, 6.07) is 0. The molecule has 0 atom stereocenters. The van der Waals surface area contributed by atoms with Crippen molar-refractivity contribution in [3.05, 3.63) is 24.0 Å². The van der Waals surface area contributed by atoms with Crippen molar-refractivity contribution in [1.29, 1.82) is 0 Å². The van der Waals surface area contributed by atoms with Crippen LogP contribution < -0.4 is 5.43 Å². The molecular weight excluding hydrogens is 162 g/mol. The molecule has 1 aliphatic heterocycles. The van der Waals surface area contributed by atoms with Crippen LogP contribution in [0, 0.1) is 5.92 Å². The maximum absolute atomic E-state index is 4.32. The zero-order chi connectivity index (χ0) is 9.68. The van der Waals surface area contributed by atoms with Gasteiger partial charge in [0.2, 0.25) is 0 Å². The maximum Gasteiger partial charge on any atom is 0.0672 e. The van der Waals surface area contributed by atoms with Crippen LogP contribution in [0.5, 0.6) is 0 Å². The van der Waals surface area contributed by atoms with Gasteiger partial charge in [0.15, 0.2) is 0 Å². The van der Waals surface area contributed by atoms with Gasteiger partial charge in [0, 0.05) is 18.3 Å². The van der Waals surface area contributed by atoms with Gasteiger partial charge in [-0.05, 0) is 5.92 Å². The van der Waals surface area contributed by atoms with Crippen molar-refractivity contribution in [3.8, 4) is 0 Å². The van der Waals surface area contributed by atoms with Crippen molar-refractivity contribution in [1.82, 2.24) is 5.43 Å². The summed E-state index contributed by atoms with van der Waals surface area (Å²) < 4.78 is 0. The van der Waals surface area contributed by atoms with Crippen LogP contribution in [0.4, 0.5) is 0 Å². The number of rotatable bonds is 1.